The van der Waals surface area contributed by atoms with E-state index in [-0.39, 0.29) is 44.5 Å². The van der Waals surface area contributed by atoms with Gasteiger partial charge in [0.15, 0.2) is 0 Å². The van der Waals surface area contributed by atoms with Gasteiger partial charge in [0.1, 0.15) is 5.82 Å². The number of sulfonamides is 1. The van der Waals surface area contributed by atoms with E-state index < -0.39 is 16.1 Å². The highest BCUT2D eigenvalue weighted by molar-refractivity contribution is 7.92. The predicted molar refractivity (Wildman–Crippen MR) is 158 cm³/mol. The lowest BCUT2D eigenvalue weighted by Crippen LogP contribution is -2.55. The topological polar surface area (TPSA) is 160 Å². The van der Waals surface area contributed by atoms with E-state index in [2.05, 4.69) is 28.2 Å². The minimum absolute atomic E-state index is 0.0169. The molecule has 1 unspecified atom stereocenters. The molecule has 1 saturated heterocycles. The van der Waals surface area contributed by atoms with Crippen molar-refractivity contribution in [3.05, 3.63) is 52.7 Å². The van der Waals surface area contributed by atoms with E-state index in [1.54, 1.807) is 14.1 Å². The van der Waals surface area contributed by atoms with Gasteiger partial charge in [-0.2, -0.15) is 19.6 Å². The van der Waals surface area contributed by atoms with E-state index in [0.29, 0.717) is 31.3 Å². The third kappa shape index (κ3) is 5.80. The molecular formula is C28H35N9O4S. The molecule has 2 aliphatic rings. The molecule has 2 atom stereocenters. The maximum Gasteiger partial charge on any atom is 0.236 e. The molecule has 2 N–H and O–H groups in total. The first-order chi connectivity index (χ1) is 20.1. The third-order valence-electron chi connectivity index (χ3n) is 7.80. The van der Waals surface area contributed by atoms with Crippen LogP contribution in [0.4, 0.5) is 11.8 Å². The van der Waals surface area contributed by atoms with Gasteiger partial charge < -0.3 is 19.9 Å². The number of ether oxygens (including phenoxy) is 1. The zero-order valence-electron chi connectivity index (χ0n) is 24.0. The van der Waals surface area contributed by atoms with Crippen molar-refractivity contribution in [2.24, 2.45) is 0 Å². The highest BCUT2D eigenvalue weighted by atomic mass is 32.2. The fraction of sp³-hybridized carbons (Fsp3) is 0.464. The van der Waals surface area contributed by atoms with E-state index in [1.165, 1.54) is 9.21 Å². The second-order valence-corrected chi connectivity index (χ2v) is 12.5. The molecule has 14 heteroatoms. The van der Waals surface area contributed by atoms with Crippen molar-refractivity contribution < 1.29 is 17.9 Å². The van der Waals surface area contributed by atoms with Crippen LogP contribution in [0.2, 0.25) is 0 Å². The number of nitriles is 1. The Morgan fingerprint density at radius 3 is 2.88 bits per heavy atom. The highest BCUT2D eigenvalue weighted by Crippen LogP contribution is 2.38. The van der Waals surface area contributed by atoms with Crippen LogP contribution in [0.3, 0.4) is 0 Å². The molecule has 0 spiro atoms. The van der Waals surface area contributed by atoms with Crippen molar-refractivity contribution >= 4 is 38.6 Å². The summed E-state index contributed by atoms with van der Waals surface area (Å²) in [5.41, 5.74) is 4.71. The maximum atomic E-state index is 12.6. The largest absolute Gasteiger partial charge is 0.368 e. The Bertz CT molecular complexity index is 1650. The molecule has 42 heavy (non-hydrogen) atoms. The average molecular weight is 594 g/mol. The number of nitrogens with one attached hydrogen (secondary N) is 2. The Kier molecular flexibility index (Phi) is 8.44. The van der Waals surface area contributed by atoms with Crippen LogP contribution in [0.1, 0.15) is 41.3 Å². The number of benzene rings is 1. The molecule has 0 aliphatic carbocycles. The lowest BCUT2D eigenvalue weighted by molar-refractivity contribution is -0.128. The van der Waals surface area contributed by atoms with Crippen LogP contribution in [0.5, 0.6) is 0 Å². The third-order valence-corrected chi connectivity index (χ3v) is 9.35. The van der Waals surface area contributed by atoms with Crippen molar-refractivity contribution in [1.82, 2.24) is 29.4 Å². The molecule has 1 amide bonds. The first-order valence-corrected chi connectivity index (χ1v) is 15.3. The maximum absolute atomic E-state index is 12.6. The number of anilines is 2. The van der Waals surface area contributed by atoms with Crippen molar-refractivity contribution in [2.75, 3.05) is 50.5 Å². The van der Waals surface area contributed by atoms with Gasteiger partial charge in [-0.3, -0.25) is 9.89 Å². The summed E-state index contributed by atoms with van der Waals surface area (Å²) in [4.78, 5) is 25.4. The number of fused-ring (bicyclic) bond motifs is 2. The van der Waals surface area contributed by atoms with Gasteiger partial charge in [-0.25, -0.2) is 13.4 Å². The summed E-state index contributed by atoms with van der Waals surface area (Å²) in [5.74, 6) is 1.00. The number of rotatable bonds is 9. The van der Waals surface area contributed by atoms with Crippen molar-refractivity contribution in [2.45, 2.75) is 44.9 Å². The van der Waals surface area contributed by atoms with Crippen LogP contribution in [0.15, 0.2) is 30.3 Å². The minimum atomic E-state index is -3.70. The smallest absolute Gasteiger partial charge is 0.236 e. The number of piperazine rings is 1. The van der Waals surface area contributed by atoms with Crippen molar-refractivity contribution in [3.63, 3.8) is 0 Å². The number of aromatic nitrogens is 4. The monoisotopic (exact) mass is 593 g/mol. The summed E-state index contributed by atoms with van der Waals surface area (Å²) in [6.45, 7) is 6.94. The normalized spacial score (nSPS) is 19.2. The second kappa shape index (κ2) is 12.0. The molecule has 1 fully saturated rings. The first kappa shape index (κ1) is 29.4. The van der Waals surface area contributed by atoms with Gasteiger partial charge in [0.25, 0.3) is 0 Å². The molecule has 222 valence electrons. The lowest BCUT2D eigenvalue weighted by Gasteiger charge is -2.41. The van der Waals surface area contributed by atoms with Crippen LogP contribution in [-0.2, 0) is 32.6 Å². The summed E-state index contributed by atoms with van der Waals surface area (Å²) in [6.07, 6.45) is 2.35. The van der Waals surface area contributed by atoms with Crippen molar-refractivity contribution in [1.29, 1.82) is 5.26 Å². The Morgan fingerprint density at radius 2 is 2.14 bits per heavy atom. The van der Waals surface area contributed by atoms with E-state index >= 15 is 0 Å². The Morgan fingerprint density at radius 1 is 1.33 bits per heavy atom. The van der Waals surface area contributed by atoms with E-state index in [1.807, 2.05) is 30.2 Å². The second-order valence-electron chi connectivity index (χ2n) is 10.7. The summed E-state index contributed by atoms with van der Waals surface area (Å²) in [7, 11) is -0.279. The summed E-state index contributed by atoms with van der Waals surface area (Å²) in [6, 6.07) is 5.60. The molecule has 2 aromatic heterocycles. The predicted octanol–water partition coefficient (Wildman–Crippen LogP) is 2.24. The van der Waals surface area contributed by atoms with Gasteiger partial charge in [0.05, 0.1) is 48.7 Å². The summed E-state index contributed by atoms with van der Waals surface area (Å²) >= 11 is 0. The Balaban J connectivity index is 1.49. The number of nitrogens with zero attached hydrogens (tertiary/aromatic N) is 7. The number of aromatic amines is 1. The first-order valence-electron chi connectivity index (χ1n) is 13.8. The van der Waals surface area contributed by atoms with Crippen LogP contribution in [-0.4, -0.2) is 90.0 Å². The van der Waals surface area contributed by atoms with E-state index in [0.717, 1.165) is 38.7 Å². The zero-order valence-corrected chi connectivity index (χ0v) is 24.8. The standard InChI is InChI=1S/C28H35N9O4S/c1-5-42(39,40)37-13-12-36(16-19(37)8-10-29)27-21-17-41-24(26-18(2)6-7-22-20(26)15-31-34-22)14-23(21)32-28(33-27)30-11-9-25(38)35(3)4/h5-7,15,19,24H,1,8-9,11-14,16-17H2,2-4H3,(H,31,34)(H,30,32,33)/t19-,24?/m0/s1. The fourth-order valence-electron chi connectivity index (χ4n) is 5.59. The van der Waals surface area contributed by atoms with E-state index in [4.69, 9.17) is 14.7 Å². The molecule has 0 bridgehead atoms. The molecule has 4 heterocycles. The molecule has 1 aromatic carbocycles. The molecule has 0 saturated carbocycles. The van der Waals surface area contributed by atoms with Gasteiger partial charge in [0.2, 0.25) is 21.9 Å². The number of carbonyl (C=O) groups excluding carboxylic acids is 1. The zero-order chi connectivity index (χ0) is 30.0. The number of aryl methyl sites for hydroxylation is 1. The van der Waals surface area contributed by atoms with Crippen LogP contribution in [0.25, 0.3) is 10.9 Å². The molecule has 5 rings (SSSR count). The van der Waals surface area contributed by atoms with Crippen LogP contribution >= 0.6 is 0 Å². The number of hydrogen-bond acceptors (Lipinski definition) is 10. The Hall–Kier alpha value is -4.06. The lowest BCUT2D eigenvalue weighted by atomic mass is 9.93. The molecule has 3 aromatic rings. The van der Waals surface area contributed by atoms with E-state index in [9.17, 15) is 18.5 Å². The molecular weight excluding hydrogens is 558 g/mol. The quantitative estimate of drug-likeness (QED) is 0.377. The van der Waals surface area contributed by atoms with Crippen LogP contribution < -0.4 is 10.2 Å². The average Bonchev–Trinajstić information content (AvgIpc) is 3.45. The number of carbonyl (C=O) groups is 1. The van der Waals surface area contributed by atoms with Gasteiger partial charge in [0, 0.05) is 69.5 Å². The summed E-state index contributed by atoms with van der Waals surface area (Å²) < 4.78 is 33.1. The SMILES string of the molecule is C=CS(=O)(=O)N1CCN(c2nc(NCCC(=O)N(C)C)nc3c2COC(c2c(C)ccc4[nH]ncc24)C3)C[C@@H]1CC#N. The van der Waals surface area contributed by atoms with Gasteiger partial charge in [-0.1, -0.05) is 12.6 Å². The highest BCUT2D eigenvalue weighted by Gasteiger charge is 2.36. The molecule has 0 radical (unpaired) electrons. The molecule has 13 nitrogen and oxygen atoms in total. The van der Waals surface area contributed by atoms with Crippen LogP contribution in [0, 0.1) is 18.3 Å². The van der Waals surface area contributed by atoms with Gasteiger partial charge >= 0.3 is 0 Å². The minimum Gasteiger partial charge on any atom is -0.368 e. The van der Waals surface area contributed by atoms with Gasteiger partial charge in [-0.15, -0.1) is 0 Å². The van der Waals surface area contributed by atoms with Gasteiger partial charge in [-0.05, 0) is 24.1 Å². The fourth-order valence-corrected chi connectivity index (χ4v) is 6.68. The van der Waals surface area contributed by atoms with Crippen molar-refractivity contribution in [3.8, 4) is 6.07 Å². The number of amides is 1. The number of hydrogen-bond donors (Lipinski definition) is 2. The summed E-state index contributed by atoms with van der Waals surface area (Å²) in [5, 5.41) is 21.8. The molecule has 2 aliphatic heterocycles. The Labute approximate surface area is 245 Å². The number of H-pyrrole nitrogens is 1.